The first-order valence-electron chi connectivity index (χ1n) is 6.53. The zero-order chi connectivity index (χ0) is 12.4. The number of rotatable bonds is 10. The van der Waals surface area contributed by atoms with E-state index in [4.69, 9.17) is 14.2 Å². The van der Waals surface area contributed by atoms with Gasteiger partial charge in [-0.2, -0.15) is 0 Å². The molecule has 0 aromatic rings. The maximum atomic E-state index is 5.73. The maximum absolute atomic E-state index is 5.73. The lowest BCUT2D eigenvalue weighted by Gasteiger charge is -2.26. The summed E-state index contributed by atoms with van der Waals surface area (Å²) in [5.74, 6) is 0. The molecule has 0 saturated heterocycles. The number of hydrogen-bond donors (Lipinski definition) is 0. The standard InChI is InChI=1S/C13H25BrO3/c1-15-7-4-8-16-9-10-17-12-13(11-14)5-2-3-6-13/h2-12H2,1H3. The van der Waals surface area contributed by atoms with E-state index in [0.717, 1.165) is 31.6 Å². The Hall–Kier alpha value is 0.360. The average molecular weight is 309 g/mol. The molecule has 0 aliphatic heterocycles. The van der Waals surface area contributed by atoms with Crippen LogP contribution in [-0.2, 0) is 14.2 Å². The van der Waals surface area contributed by atoms with Gasteiger partial charge in [-0.3, -0.25) is 0 Å². The summed E-state index contributed by atoms with van der Waals surface area (Å²) in [4.78, 5) is 0. The van der Waals surface area contributed by atoms with Crippen molar-refractivity contribution in [3.8, 4) is 0 Å². The lowest BCUT2D eigenvalue weighted by molar-refractivity contribution is 0.00966. The van der Waals surface area contributed by atoms with Gasteiger partial charge < -0.3 is 14.2 Å². The van der Waals surface area contributed by atoms with Crippen molar-refractivity contribution in [2.75, 3.05) is 45.5 Å². The van der Waals surface area contributed by atoms with E-state index >= 15 is 0 Å². The van der Waals surface area contributed by atoms with Crippen LogP contribution in [0.3, 0.4) is 0 Å². The number of methoxy groups -OCH3 is 1. The summed E-state index contributed by atoms with van der Waals surface area (Å²) in [5.41, 5.74) is 0.399. The van der Waals surface area contributed by atoms with Crippen LogP contribution in [-0.4, -0.2) is 45.5 Å². The highest BCUT2D eigenvalue weighted by atomic mass is 79.9. The van der Waals surface area contributed by atoms with E-state index in [9.17, 15) is 0 Å². The Kier molecular flexibility index (Phi) is 8.44. The molecule has 0 atom stereocenters. The number of hydrogen-bond acceptors (Lipinski definition) is 3. The molecule has 3 nitrogen and oxygen atoms in total. The molecule has 0 unspecified atom stereocenters. The van der Waals surface area contributed by atoms with Crippen LogP contribution in [0.1, 0.15) is 32.1 Å². The minimum atomic E-state index is 0.399. The van der Waals surface area contributed by atoms with Gasteiger partial charge >= 0.3 is 0 Å². The lowest BCUT2D eigenvalue weighted by atomic mass is 9.90. The molecule has 1 aliphatic carbocycles. The molecule has 0 aromatic carbocycles. The Bertz CT molecular complexity index is 182. The van der Waals surface area contributed by atoms with E-state index in [1.807, 2.05) is 0 Å². The summed E-state index contributed by atoms with van der Waals surface area (Å²) in [6.45, 7) is 3.82. The van der Waals surface area contributed by atoms with Gasteiger partial charge in [-0.05, 0) is 19.3 Å². The first-order valence-corrected chi connectivity index (χ1v) is 7.65. The number of alkyl halides is 1. The van der Waals surface area contributed by atoms with Crippen LogP contribution < -0.4 is 0 Å². The van der Waals surface area contributed by atoms with E-state index in [2.05, 4.69) is 15.9 Å². The lowest BCUT2D eigenvalue weighted by Crippen LogP contribution is -2.26. The topological polar surface area (TPSA) is 27.7 Å². The molecule has 1 fully saturated rings. The molecule has 0 N–H and O–H groups in total. The Morgan fingerprint density at radius 1 is 1.00 bits per heavy atom. The minimum Gasteiger partial charge on any atom is -0.385 e. The predicted octanol–water partition coefficient (Wildman–Crippen LogP) is 3.01. The third kappa shape index (κ3) is 6.18. The first-order chi connectivity index (χ1) is 8.33. The second kappa shape index (κ2) is 9.31. The van der Waals surface area contributed by atoms with E-state index in [0.29, 0.717) is 18.6 Å². The predicted molar refractivity (Wildman–Crippen MR) is 72.8 cm³/mol. The summed E-state index contributed by atoms with van der Waals surface area (Å²) in [6.07, 6.45) is 6.26. The van der Waals surface area contributed by atoms with Crippen molar-refractivity contribution in [2.24, 2.45) is 5.41 Å². The van der Waals surface area contributed by atoms with Gasteiger partial charge in [-0.1, -0.05) is 28.8 Å². The summed E-state index contributed by atoms with van der Waals surface area (Å²) in [6, 6.07) is 0. The van der Waals surface area contributed by atoms with Gasteiger partial charge in [0.2, 0.25) is 0 Å². The maximum Gasteiger partial charge on any atom is 0.0700 e. The van der Waals surface area contributed by atoms with E-state index in [1.165, 1.54) is 25.7 Å². The van der Waals surface area contributed by atoms with Gasteiger partial charge in [0.05, 0.1) is 19.8 Å². The second-order valence-electron chi connectivity index (χ2n) is 4.85. The molecular formula is C13H25BrO3. The molecule has 1 aliphatic rings. The molecule has 102 valence electrons. The molecule has 0 bridgehead atoms. The molecule has 0 amide bonds. The zero-order valence-electron chi connectivity index (χ0n) is 10.9. The van der Waals surface area contributed by atoms with Crippen molar-refractivity contribution < 1.29 is 14.2 Å². The number of halogens is 1. The fourth-order valence-electron chi connectivity index (χ4n) is 2.26. The summed E-state index contributed by atoms with van der Waals surface area (Å²) >= 11 is 3.62. The van der Waals surface area contributed by atoms with Crippen molar-refractivity contribution in [1.29, 1.82) is 0 Å². The monoisotopic (exact) mass is 308 g/mol. The Balaban J connectivity index is 1.92. The van der Waals surface area contributed by atoms with Gasteiger partial charge in [-0.15, -0.1) is 0 Å². The highest BCUT2D eigenvalue weighted by molar-refractivity contribution is 9.09. The van der Waals surface area contributed by atoms with Crippen LogP contribution in [0.5, 0.6) is 0 Å². The van der Waals surface area contributed by atoms with Crippen LogP contribution in [0.25, 0.3) is 0 Å². The summed E-state index contributed by atoms with van der Waals surface area (Å²) < 4.78 is 16.1. The Morgan fingerprint density at radius 3 is 2.35 bits per heavy atom. The van der Waals surface area contributed by atoms with E-state index in [-0.39, 0.29) is 0 Å². The quantitative estimate of drug-likeness (QED) is 0.459. The van der Waals surface area contributed by atoms with Gasteiger partial charge in [0.1, 0.15) is 0 Å². The van der Waals surface area contributed by atoms with Crippen molar-refractivity contribution in [3.05, 3.63) is 0 Å². The zero-order valence-corrected chi connectivity index (χ0v) is 12.5. The Labute approximate surface area is 113 Å². The third-order valence-electron chi connectivity index (χ3n) is 3.37. The highest BCUT2D eigenvalue weighted by Gasteiger charge is 2.32. The van der Waals surface area contributed by atoms with Crippen LogP contribution in [0, 0.1) is 5.41 Å². The van der Waals surface area contributed by atoms with Crippen molar-refractivity contribution >= 4 is 15.9 Å². The van der Waals surface area contributed by atoms with Crippen LogP contribution in [0.15, 0.2) is 0 Å². The third-order valence-corrected chi connectivity index (χ3v) is 4.55. The molecule has 17 heavy (non-hydrogen) atoms. The summed E-state index contributed by atoms with van der Waals surface area (Å²) in [5, 5.41) is 1.06. The minimum absolute atomic E-state index is 0.399. The van der Waals surface area contributed by atoms with Crippen molar-refractivity contribution in [1.82, 2.24) is 0 Å². The van der Waals surface area contributed by atoms with Gasteiger partial charge in [-0.25, -0.2) is 0 Å². The van der Waals surface area contributed by atoms with Gasteiger partial charge in [0.15, 0.2) is 0 Å². The fraction of sp³-hybridized carbons (Fsp3) is 1.00. The normalized spacial score (nSPS) is 18.7. The highest BCUT2D eigenvalue weighted by Crippen LogP contribution is 2.39. The van der Waals surface area contributed by atoms with Crippen LogP contribution >= 0.6 is 15.9 Å². The first kappa shape index (κ1) is 15.4. The molecule has 1 saturated carbocycles. The Morgan fingerprint density at radius 2 is 1.71 bits per heavy atom. The molecule has 4 heteroatoms. The molecule has 0 heterocycles. The SMILES string of the molecule is COCCCOCCOCC1(CBr)CCCC1. The van der Waals surface area contributed by atoms with E-state index < -0.39 is 0 Å². The van der Waals surface area contributed by atoms with Crippen LogP contribution in [0.2, 0.25) is 0 Å². The average Bonchev–Trinajstić information content (AvgIpc) is 2.82. The summed E-state index contributed by atoms with van der Waals surface area (Å²) in [7, 11) is 1.71. The number of ether oxygens (including phenoxy) is 3. The largest absolute Gasteiger partial charge is 0.385 e. The molecule has 0 radical (unpaired) electrons. The molecular weight excluding hydrogens is 284 g/mol. The van der Waals surface area contributed by atoms with E-state index in [1.54, 1.807) is 7.11 Å². The smallest absolute Gasteiger partial charge is 0.0700 e. The van der Waals surface area contributed by atoms with Crippen molar-refractivity contribution in [2.45, 2.75) is 32.1 Å². The van der Waals surface area contributed by atoms with Gasteiger partial charge in [0.25, 0.3) is 0 Å². The van der Waals surface area contributed by atoms with Gasteiger partial charge in [0, 0.05) is 31.1 Å². The second-order valence-corrected chi connectivity index (χ2v) is 5.41. The molecule has 0 spiro atoms. The molecule has 0 aromatic heterocycles. The van der Waals surface area contributed by atoms with Crippen molar-refractivity contribution in [3.63, 3.8) is 0 Å². The van der Waals surface area contributed by atoms with Crippen LogP contribution in [0.4, 0.5) is 0 Å². The fourth-order valence-corrected chi connectivity index (χ4v) is 2.98. The molecule has 1 rings (SSSR count).